The van der Waals surface area contributed by atoms with Gasteiger partial charge < -0.3 is 15.1 Å². The quantitative estimate of drug-likeness (QED) is 0.832. The first-order valence-corrected chi connectivity index (χ1v) is 6.15. The molecule has 1 atom stereocenters. The highest BCUT2D eigenvalue weighted by atomic mass is 16.4. The first kappa shape index (κ1) is 12.8. The summed E-state index contributed by atoms with van der Waals surface area (Å²) in [5, 5.41) is 18.8. The zero-order valence-corrected chi connectivity index (χ0v) is 10.5. The largest absolute Gasteiger partial charge is 0.477 e. The Morgan fingerprint density at radius 1 is 1.39 bits per heavy atom. The van der Waals surface area contributed by atoms with Crippen LogP contribution in [0.5, 0.6) is 0 Å². The van der Waals surface area contributed by atoms with Gasteiger partial charge in [0.1, 0.15) is 5.69 Å². The highest BCUT2D eigenvalue weighted by Gasteiger charge is 2.25. The van der Waals surface area contributed by atoms with Crippen LogP contribution in [0.2, 0.25) is 0 Å². The molecular weight excluding hydrogens is 232 g/mol. The third kappa shape index (κ3) is 2.98. The first-order valence-electron chi connectivity index (χ1n) is 6.15. The number of aromatic nitrogens is 1. The van der Waals surface area contributed by atoms with Gasteiger partial charge in [0.05, 0.1) is 17.5 Å². The molecule has 5 nitrogen and oxygen atoms in total. The fourth-order valence-electron chi connectivity index (χ4n) is 2.22. The van der Waals surface area contributed by atoms with Gasteiger partial charge in [-0.15, -0.1) is 0 Å². The van der Waals surface area contributed by atoms with E-state index in [-0.39, 0.29) is 5.69 Å². The van der Waals surface area contributed by atoms with Gasteiger partial charge in [0.2, 0.25) is 0 Å². The van der Waals surface area contributed by atoms with E-state index < -0.39 is 11.6 Å². The molecule has 1 fully saturated rings. The van der Waals surface area contributed by atoms with Gasteiger partial charge in [0, 0.05) is 13.1 Å². The number of hydrogen-bond acceptors (Lipinski definition) is 4. The lowest BCUT2D eigenvalue weighted by atomic mass is 9.98. The minimum Gasteiger partial charge on any atom is -0.477 e. The van der Waals surface area contributed by atoms with Crippen molar-refractivity contribution in [3.8, 4) is 0 Å². The number of hydrogen-bond donors (Lipinski definition) is 2. The van der Waals surface area contributed by atoms with Gasteiger partial charge in [-0.1, -0.05) is 0 Å². The van der Waals surface area contributed by atoms with Gasteiger partial charge in [0.15, 0.2) is 0 Å². The minimum atomic E-state index is -1.01. The highest BCUT2D eigenvalue weighted by molar-refractivity contribution is 5.85. The summed E-state index contributed by atoms with van der Waals surface area (Å²) in [5.74, 6) is -1.01. The van der Waals surface area contributed by atoms with Gasteiger partial charge in [0.25, 0.3) is 0 Å². The average Bonchev–Trinajstić information content (AvgIpc) is 2.50. The number of aromatic carboxylic acids is 1. The zero-order chi connectivity index (χ0) is 13.2. The van der Waals surface area contributed by atoms with E-state index in [1.54, 1.807) is 12.3 Å². The summed E-state index contributed by atoms with van der Waals surface area (Å²) in [6.45, 7) is 3.49. The van der Waals surface area contributed by atoms with Crippen molar-refractivity contribution in [3.63, 3.8) is 0 Å². The Balaban J connectivity index is 2.09. The van der Waals surface area contributed by atoms with Crippen molar-refractivity contribution >= 4 is 11.7 Å². The van der Waals surface area contributed by atoms with E-state index in [1.165, 1.54) is 6.07 Å². The van der Waals surface area contributed by atoms with Crippen LogP contribution in [0.4, 0.5) is 5.69 Å². The summed E-state index contributed by atoms with van der Waals surface area (Å²) >= 11 is 0. The van der Waals surface area contributed by atoms with Crippen molar-refractivity contribution in [2.75, 3.05) is 18.0 Å². The Morgan fingerprint density at radius 2 is 2.17 bits per heavy atom. The average molecular weight is 250 g/mol. The van der Waals surface area contributed by atoms with Gasteiger partial charge >= 0.3 is 5.97 Å². The lowest BCUT2D eigenvalue weighted by Crippen LogP contribution is -2.28. The van der Waals surface area contributed by atoms with E-state index in [9.17, 15) is 9.90 Å². The summed E-state index contributed by atoms with van der Waals surface area (Å²) in [5.41, 5.74) is 0.377. The zero-order valence-electron chi connectivity index (χ0n) is 10.5. The number of carbonyl (C=O) groups is 1. The van der Waals surface area contributed by atoms with E-state index in [2.05, 4.69) is 9.88 Å². The summed E-state index contributed by atoms with van der Waals surface area (Å²) < 4.78 is 0. The first-order chi connectivity index (χ1) is 8.48. The van der Waals surface area contributed by atoms with E-state index in [4.69, 9.17) is 5.11 Å². The molecule has 0 bridgehead atoms. The molecule has 1 aliphatic rings. The van der Waals surface area contributed by atoms with Gasteiger partial charge in [-0.2, -0.15) is 0 Å². The maximum atomic E-state index is 10.7. The molecule has 0 saturated carbocycles. The van der Waals surface area contributed by atoms with Crippen molar-refractivity contribution in [1.82, 2.24) is 4.98 Å². The van der Waals surface area contributed by atoms with Crippen LogP contribution in [-0.4, -0.2) is 39.9 Å². The second-order valence-electron chi connectivity index (χ2n) is 5.04. The second-order valence-corrected chi connectivity index (χ2v) is 5.04. The molecule has 18 heavy (non-hydrogen) atoms. The van der Waals surface area contributed by atoms with Crippen molar-refractivity contribution in [2.24, 2.45) is 0 Å². The van der Waals surface area contributed by atoms with Crippen LogP contribution in [0.3, 0.4) is 0 Å². The monoisotopic (exact) mass is 250 g/mol. The molecule has 0 aliphatic carbocycles. The molecule has 5 heteroatoms. The van der Waals surface area contributed by atoms with Gasteiger partial charge in [-0.25, -0.2) is 9.78 Å². The number of nitrogens with zero attached hydrogens (tertiary/aromatic N) is 2. The lowest BCUT2D eigenvalue weighted by molar-refractivity contribution is 0.0481. The lowest BCUT2D eigenvalue weighted by Gasteiger charge is -2.23. The van der Waals surface area contributed by atoms with Gasteiger partial charge in [-0.05, 0) is 38.3 Å². The van der Waals surface area contributed by atoms with Gasteiger partial charge in [-0.3, -0.25) is 0 Å². The topological polar surface area (TPSA) is 73.7 Å². The third-order valence-electron chi connectivity index (χ3n) is 3.40. The predicted octanol–water partition coefficient (Wildman–Crippen LogP) is 1.52. The maximum absolute atomic E-state index is 10.7. The summed E-state index contributed by atoms with van der Waals surface area (Å²) in [7, 11) is 0. The van der Waals surface area contributed by atoms with E-state index in [0.29, 0.717) is 6.42 Å². The number of aliphatic hydroxyl groups is 1. The molecule has 2 N–H and O–H groups in total. The molecule has 0 spiro atoms. The normalized spacial score (nSPS) is 24.7. The predicted molar refractivity (Wildman–Crippen MR) is 67.9 cm³/mol. The molecule has 1 unspecified atom stereocenters. The van der Waals surface area contributed by atoms with E-state index in [0.717, 1.165) is 31.6 Å². The highest BCUT2D eigenvalue weighted by Crippen LogP contribution is 2.24. The number of rotatable bonds is 2. The van der Waals surface area contributed by atoms with Crippen LogP contribution in [0, 0.1) is 0 Å². The fraction of sp³-hybridized carbons (Fsp3) is 0.538. The number of anilines is 1. The van der Waals surface area contributed by atoms with Crippen LogP contribution in [0.15, 0.2) is 18.3 Å². The molecule has 1 saturated heterocycles. The Morgan fingerprint density at radius 3 is 2.78 bits per heavy atom. The van der Waals surface area contributed by atoms with Crippen LogP contribution >= 0.6 is 0 Å². The molecule has 1 aromatic rings. The minimum absolute atomic E-state index is 0.0561. The van der Waals surface area contributed by atoms with E-state index in [1.807, 2.05) is 6.92 Å². The number of carboxylic acids is 1. The summed E-state index contributed by atoms with van der Waals surface area (Å²) in [4.78, 5) is 16.8. The molecule has 1 aromatic heterocycles. The standard InChI is InChI=1S/C13H18N2O3/c1-13(18)5-2-7-15(8-6-13)10-3-4-11(12(16)17)14-9-10/h3-4,9,18H,2,5-8H2,1H3,(H,16,17). The summed E-state index contributed by atoms with van der Waals surface area (Å²) in [6, 6.07) is 3.29. The van der Waals surface area contributed by atoms with Crippen LogP contribution in [0.25, 0.3) is 0 Å². The molecule has 98 valence electrons. The Labute approximate surface area is 106 Å². The Bertz CT molecular complexity index is 428. The second kappa shape index (κ2) is 4.94. The molecule has 0 radical (unpaired) electrons. The number of pyridine rings is 1. The van der Waals surface area contributed by atoms with Crippen LogP contribution < -0.4 is 4.90 Å². The van der Waals surface area contributed by atoms with Crippen molar-refractivity contribution < 1.29 is 15.0 Å². The third-order valence-corrected chi connectivity index (χ3v) is 3.40. The molecule has 0 amide bonds. The van der Waals surface area contributed by atoms with Crippen LogP contribution in [-0.2, 0) is 0 Å². The Kier molecular flexibility index (Phi) is 3.52. The smallest absolute Gasteiger partial charge is 0.354 e. The van der Waals surface area contributed by atoms with E-state index >= 15 is 0 Å². The maximum Gasteiger partial charge on any atom is 0.354 e. The Hall–Kier alpha value is -1.62. The van der Waals surface area contributed by atoms with Crippen molar-refractivity contribution in [3.05, 3.63) is 24.0 Å². The molecular formula is C13H18N2O3. The number of carboxylic acid groups (broad SMARTS) is 1. The van der Waals surface area contributed by atoms with Crippen LogP contribution in [0.1, 0.15) is 36.7 Å². The SMILES string of the molecule is CC1(O)CCCN(c2ccc(C(=O)O)nc2)CC1. The molecule has 2 heterocycles. The molecule has 0 aromatic carbocycles. The van der Waals surface area contributed by atoms with Crippen molar-refractivity contribution in [1.29, 1.82) is 0 Å². The fourth-order valence-corrected chi connectivity index (χ4v) is 2.22. The molecule has 1 aliphatic heterocycles. The molecule has 2 rings (SSSR count). The van der Waals surface area contributed by atoms with Crippen molar-refractivity contribution in [2.45, 2.75) is 31.8 Å². The summed E-state index contributed by atoms with van der Waals surface area (Å²) in [6.07, 6.45) is 4.02.